The second-order valence-electron chi connectivity index (χ2n) is 5.11. The van der Waals surface area contributed by atoms with Crippen LogP contribution in [0.1, 0.15) is 42.3 Å². The summed E-state index contributed by atoms with van der Waals surface area (Å²) < 4.78 is 4.95. The number of nitrogens with zero attached hydrogens (tertiary/aromatic N) is 2. The summed E-state index contributed by atoms with van der Waals surface area (Å²) in [4.78, 5) is 25.3. The average molecular weight is 266 g/mol. The van der Waals surface area contributed by atoms with Gasteiger partial charge in [0, 0.05) is 18.7 Å². The van der Waals surface area contributed by atoms with Crippen LogP contribution in [0.5, 0.6) is 0 Å². The first-order valence-electron chi connectivity index (χ1n) is 6.44. The number of hydrogen-bond acceptors (Lipinski definition) is 4. The molecule has 0 aliphatic carbocycles. The first-order chi connectivity index (χ1) is 9.00. The molecule has 0 aromatic carbocycles. The fraction of sp³-hybridized carbons (Fsp3) is 0.615. The molecule has 1 aliphatic heterocycles. The standard InChI is InChI=1S/C13H18N2O4/c1-3-13(12(17)18)5-4-6-15(8-13)11(16)10-9(2)7-14-19-10/h7H,3-6,8H2,1-2H3,(H,17,18). The Hall–Kier alpha value is -1.85. The Labute approximate surface area is 111 Å². The van der Waals surface area contributed by atoms with E-state index in [2.05, 4.69) is 5.16 Å². The van der Waals surface area contributed by atoms with E-state index in [0.717, 1.165) is 0 Å². The molecule has 104 valence electrons. The molecule has 1 aromatic rings. The van der Waals surface area contributed by atoms with Crippen LogP contribution in [0.4, 0.5) is 0 Å². The lowest BCUT2D eigenvalue weighted by Gasteiger charge is -2.39. The normalized spacial score (nSPS) is 23.4. The number of piperidine rings is 1. The largest absolute Gasteiger partial charge is 0.481 e. The van der Waals surface area contributed by atoms with Crippen LogP contribution < -0.4 is 0 Å². The predicted octanol–water partition coefficient (Wildman–Crippen LogP) is 1.70. The molecule has 1 N–H and O–H groups in total. The lowest BCUT2D eigenvalue weighted by atomic mass is 9.77. The summed E-state index contributed by atoms with van der Waals surface area (Å²) in [6.07, 6.45) is 3.31. The maximum absolute atomic E-state index is 12.3. The minimum absolute atomic E-state index is 0.206. The Balaban J connectivity index is 2.20. The van der Waals surface area contributed by atoms with Crippen molar-refractivity contribution >= 4 is 11.9 Å². The van der Waals surface area contributed by atoms with E-state index in [-0.39, 0.29) is 18.2 Å². The molecular weight excluding hydrogens is 248 g/mol. The topological polar surface area (TPSA) is 83.6 Å². The molecule has 0 bridgehead atoms. The Kier molecular flexibility index (Phi) is 3.59. The molecular formula is C13H18N2O4. The number of carbonyl (C=O) groups is 2. The molecule has 6 heteroatoms. The van der Waals surface area contributed by atoms with Crippen LogP contribution >= 0.6 is 0 Å². The first-order valence-corrected chi connectivity index (χ1v) is 6.44. The molecule has 0 spiro atoms. The third-order valence-electron chi connectivity index (χ3n) is 3.94. The minimum atomic E-state index is -0.832. The van der Waals surface area contributed by atoms with E-state index in [1.54, 1.807) is 11.8 Å². The number of aliphatic carboxylic acids is 1. The Morgan fingerprint density at radius 1 is 1.58 bits per heavy atom. The average Bonchev–Trinajstić information content (AvgIpc) is 2.84. The summed E-state index contributed by atoms with van der Waals surface area (Å²) in [6.45, 7) is 4.39. The third-order valence-corrected chi connectivity index (χ3v) is 3.94. The first kappa shape index (κ1) is 13.6. The highest BCUT2D eigenvalue weighted by Crippen LogP contribution is 2.34. The van der Waals surface area contributed by atoms with E-state index >= 15 is 0 Å². The number of aromatic nitrogens is 1. The van der Waals surface area contributed by atoms with Crippen LogP contribution in [-0.4, -0.2) is 40.1 Å². The Morgan fingerprint density at radius 2 is 2.32 bits per heavy atom. The van der Waals surface area contributed by atoms with Gasteiger partial charge in [0.05, 0.1) is 11.6 Å². The summed E-state index contributed by atoms with van der Waals surface area (Å²) >= 11 is 0. The van der Waals surface area contributed by atoms with Crippen LogP contribution in [0.25, 0.3) is 0 Å². The number of likely N-dealkylation sites (tertiary alicyclic amines) is 1. The van der Waals surface area contributed by atoms with Gasteiger partial charge in [-0.25, -0.2) is 0 Å². The number of aryl methyl sites for hydroxylation is 1. The molecule has 0 saturated carbocycles. The number of carboxylic acid groups (broad SMARTS) is 1. The molecule has 1 unspecified atom stereocenters. The van der Waals surface area contributed by atoms with E-state index in [4.69, 9.17) is 4.52 Å². The third kappa shape index (κ3) is 2.34. The van der Waals surface area contributed by atoms with Crippen LogP contribution in [0.2, 0.25) is 0 Å². The highest BCUT2D eigenvalue weighted by atomic mass is 16.5. The quantitative estimate of drug-likeness (QED) is 0.900. The zero-order valence-electron chi connectivity index (χ0n) is 11.2. The van der Waals surface area contributed by atoms with Crippen molar-refractivity contribution < 1.29 is 19.2 Å². The van der Waals surface area contributed by atoms with Gasteiger partial charge < -0.3 is 14.5 Å². The number of amides is 1. The Bertz CT molecular complexity index is 497. The number of carboxylic acids is 1. The summed E-state index contributed by atoms with van der Waals surface area (Å²) in [5, 5.41) is 13.0. The van der Waals surface area contributed by atoms with E-state index in [1.807, 2.05) is 6.92 Å². The number of carbonyl (C=O) groups excluding carboxylic acids is 1. The summed E-state index contributed by atoms with van der Waals surface area (Å²) in [6, 6.07) is 0. The molecule has 1 aromatic heterocycles. The van der Waals surface area contributed by atoms with Crippen molar-refractivity contribution in [1.82, 2.24) is 10.1 Å². The van der Waals surface area contributed by atoms with Crippen LogP contribution in [0, 0.1) is 12.3 Å². The minimum Gasteiger partial charge on any atom is -0.481 e. The van der Waals surface area contributed by atoms with Gasteiger partial charge in [-0.2, -0.15) is 0 Å². The molecule has 1 aliphatic rings. The van der Waals surface area contributed by atoms with E-state index in [9.17, 15) is 14.7 Å². The van der Waals surface area contributed by atoms with E-state index in [0.29, 0.717) is 31.4 Å². The zero-order chi connectivity index (χ0) is 14.0. The van der Waals surface area contributed by atoms with Crippen molar-refractivity contribution in [1.29, 1.82) is 0 Å². The molecule has 1 atom stereocenters. The van der Waals surface area contributed by atoms with Gasteiger partial charge in [-0.15, -0.1) is 0 Å². The van der Waals surface area contributed by atoms with Crippen LogP contribution in [-0.2, 0) is 4.79 Å². The van der Waals surface area contributed by atoms with E-state index < -0.39 is 11.4 Å². The molecule has 19 heavy (non-hydrogen) atoms. The monoisotopic (exact) mass is 266 g/mol. The van der Waals surface area contributed by atoms with Gasteiger partial charge in [0.2, 0.25) is 5.76 Å². The number of rotatable bonds is 3. The molecule has 1 amide bonds. The van der Waals surface area contributed by atoms with Crippen molar-refractivity contribution in [2.75, 3.05) is 13.1 Å². The summed E-state index contributed by atoms with van der Waals surface area (Å²) in [5.41, 5.74) is -0.157. The molecule has 2 rings (SSSR count). The van der Waals surface area contributed by atoms with Crippen LogP contribution in [0.3, 0.4) is 0 Å². The second kappa shape index (κ2) is 5.03. The Morgan fingerprint density at radius 3 is 2.84 bits per heavy atom. The van der Waals surface area contributed by atoms with Crippen molar-refractivity contribution in [2.45, 2.75) is 33.1 Å². The van der Waals surface area contributed by atoms with Gasteiger partial charge in [0.15, 0.2) is 0 Å². The molecule has 2 heterocycles. The smallest absolute Gasteiger partial charge is 0.311 e. The van der Waals surface area contributed by atoms with Crippen molar-refractivity contribution in [3.8, 4) is 0 Å². The van der Waals surface area contributed by atoms with E-state index in [1.165, 1.54) is 6.20 Å². The fourth-order valence-electron chi connectivity index (χ4n) is 2.56. The van der Waals surface area contributed by atoms with Gasteiger partial charge in [-0.05, 0) is 26.2 Å². The SMILES string of the molecule is CCC1(C(=O)O)CCCN(C(=O)c2oncc2C)C1. The zero-order valence-corrected chi connectivity index (χ0v) is 11.2. The van der Waals surface area contributed by atoms with Crippen molar-refractivity contribution in [3.63, 3.8) is 0 Å². The number of hydrogen-bond donors (Lipinski definition) is 1. The summed E-state index contributed by atoms with van der Waals surface area (Å²) in [7, 11) is 0. The van der Waals surface area contributed by atoms with Gasteiger partial charge in [-0.3, -0.25) is 9.59 Å². The van der Waals surface area contributed by atoms with Gasteiger partial charge >= 0.3 is 5.97 Å². The molecule has 6 nitrogen and oxygen atoms in total. The lowest BCUT2D eigenvalue weighted by Crippen LogP contribution is -2.49. The highest BCUT2D eigenvalue weighted by Gasteiger charge is 2.42. The van der Waals surface area contributed by atoms with Gasteiger partial charge in [-0.1, -0.05) is 12.1 Å². The second-order valence-corrected chi connectivity index (χ2v) is 5.11. The van der Waals surface area contributed by atoms with Crippen LogP contribution in [0.15, 0.2) is 10.7 Å². The predicted molar refractivity (Wildman–Crippen MR) is 66.7 cm³/mol. The summed E-state index contributed by atoms with van der Waals surface area (Å²) in [5.74, 6) is -0.896. The van der Waals surface area contributed by atoms with Crippen molar-refractivity contribution in [2.24, 2.45) is 5.41 Å². The van der Waals surface area contributed by atoms with Gasteiger partial charge in [0.1, 0.15) is 0 Å². The molecule has 0 radical (unpaired) electrons. The van der Waals surface area contributed by atoms with Crippen molar-refractivity contribution in [3.05, 3.63) is 17.5 Å². The fourth-order valence-corrected chi connectivity index (χ4v) is 2.56. The maximum atomic E-state index is 12.3. The van der Waals surface area contributed by atoms with Gasteiger partial charge in [0.25, 0.3) is 5.91 Å². The molecule has 1 saturated heterocycles. The molecule has 1 fully saturated rings. The maximum Gasteiger partial charge on any atom is 0.311 e. The lowest BCUT2D eigenvalue weighted by molar-refractivity contribution is -0.152. The highest BCUT2D eigenvalue weighted by molar-refractivity contribution is 5.93.